The van der Waals surface area contributed by atoms with Crippen LogP contribution in [0.5, 0.6) is 5.75 Å². The summed E-state index contributed by atoms with van der Waals surface area (Å²) in [5.41, 5.74) is 13.6. The van der Waals surface area contributed by atoms with E-state index in [2.05, 4.69) is 20.6 Å². The number of halogens is 3. The lowest BCUT2D eigenvalue weighted by molar-refractivity contribution is 0.304. The second kappa shape index (κ2) is 9.32. The highest BCUT2D eigenvalue weighted by molar-refractivity contribution is 6.35. The molecule has 1 atom stereocenters. The van der Waals surface area contributed by atoms with Crippen LogP contribution >= 0.6 is 23.2 Å². The van der Waals surface area contributed by atoms with Gasteiger partial charge in [0.05, 0.1) is 5.69 Å². The fourth-order valence-corrected chi connectivity index (χ4v) is 4.18. The minimum absolute atomic E-state index is 0.00442. The van der Waals surface area contributed by atoms with Crippen LogP contribution in [0, 0.1) is 28.6 Å². The van der Waals surface area contributed by atoms with E-state index in [1.54, 1.807) is 12.3 Å². The van der Waals surface area contributed by atoms with Crippen LogP contribution in [0.25, 0.3) is 0 Å². The second-order valence-electron chi connectivity index (χ2n) is 7.10. The molecule has 6 N–H and O–H groups in total. The number of anilines is 3. The molecule has 0 saturated carbocycles. The summed E-state index contributed by atoms with van der Waals surface area (Å²) >= 11 is 12.9. The number of nitrogen functional groups attached to an aromatic ring is 2. The van der Waals surface area contributed by atoms with Crippen LogP contribution < -0.4 is 26.8 Å². The molecule has 2 aromatic carbocycles. The van der Waals surface area contributed by atoms with Crippen LogP contribution in [0.2, 0.25) is 10.0 Å². The number of hydrogen-bond acceptors (Lipinski definition) is 9. The van der Waals surface area contributed by atoms with Crippen molar-refractivity contribution >= 4 is 46.5 Å². The molecule has 0 aliphatic carbocycles. The Morgan fingerprint density at radius 1 is 1.15 bits per heavy atom. The molecule has 0 saturated heterocycles. The average molecular weight is 497 g/mol. The second-order valence-corrected chi connectivity index (χ2v) is 7.95. The number of guanidine groups is 1. The van der Waals surface area contributed by atoms with Gasteiger partial charge in [-0.2, -0.15) is 10.5 Å². The van der Waals surface area contributed by atoms with E-state index >= 15 is 0 Å². The van der Waals surface area contributed by atoms with Gasteiger partial charge in [-0.15, -0.1) is 0 Å². The van der Waals surface area contributed by atoms with Crippen molar-refractivity contribution in [3.8, 4) is 18.0 Å². The molecule has 0 bridgehead atoms. The van der Waals surface area contributed by atoms with Gasteiger partial charge in [-0.3, -0.25) is 5.32 Å². The zero-order chi connectivity index (χ0) is 24.4. The van der Waals surface area contributed by atoms with Crippen molar-refractivity contribution in [3.05, 3.63) is 74.5 Å². The van der Waals surface area contributed by atoms with Gasteiger partial charge in [0.2, 0.25) is 5.96 Å². The molecule has 34 heavy (non-hydrogen) atoms. The van der Waals surface area contributed by atoms with Gasteiger partial charge < -0.3 is 21.5 Å². The maximum atomic E-state index is 13.2. The Morgan fingerprint density at radius 3 is 2.56 bits per heavy atom. The number of ether oxygens (including phenoxy) is 1. The maximum Gasteiger partial charge on any atom is 0.211 e. The van der Waals surface area contributed by atoms with Crippen LogP contribution in [0.4, 0.5) is 21.7 Å². The van der Waals surface area contributed by atoms with E-state index in [0.29, 0.717) is 27.5 Å². The first-order valence-electron chi connectivity index (χ1n) is 9.67. The van der Waals surface area contributed by atoms with E-state index in [1.807, 2.05) is 6.07 Å². The van der Waals surface area contributed by atoms with Crippen molar-refractivity contribution in [3.63, 3.8) is 0 Å². The fourth-order valence-electron chi connectivity index (χ4n) is 3.55. The topological polar surface area (TPSA) is 158 Å². The van der Waals surface area contributed by atoms with Crippen LogP contribution in [-0.2, 0) is 6.61 Å². The first-order valence-corrected chi connectivity index (χ1v) is 10.4. The SMILES string of the molecule is N#CNC1=NC(c2c(Cl)cc(Cl)cc2COc2ccc(F)cc2)c2c(nc(N)c(C#N)c2N)N1. The molecule has 170 valence electrons. The standard InChI is InChI=1S/C22H15Cl2FN8O/c23-11-5-10(8-34-13-3-1-12(25)2-4-13)16(15(24)6-11)19-17-18(28)14(7-26)20(29)32-21(17)33-22(31-19)30-9-27/h1-6,19H,8H2,(H6,28,29,30,31,32,33). The minimum Gasteiger partial charge on any atom is -0.489 e. The van der Waals surface area contributed by atoms with E-state index in [1.165, 1.54) is 30.3 Å². The number of rotatable bonds is 4. The van der Waals surface area contributed by atoms with E-state index in [9.17, 15) is 9.65 Å². The highest BCUT2D eigenvalue weighted by Crippen LogP contribution is 2.44. The number of fused-ring (bicyclic) bond motifs is 1. The zero-order valence-corrected chi connectivity index (χ0v) is 18.7. The molecule has 3 aromatic rings. The molecule has 4 rings (SSSR count). The van der Waals surface area contributed by atoms with Crippen molar-refractivity contribution in [2.45, 2.75) is 12.6 Å². The number of nitriles is 2. The number of hydrogen-bond donors (Lipinski definition) is 4. The lowest BCUT2D eigenvalue weighted by atomic mass is 9.92. The lowest BCUT2D eigenvalue weighted by Crippen LogP contribution is -2.33. The molecule has 9 nitrogen and oxygen atoms in total. The fraction of sp³-hybridized carbons (Fsp3) is 0.0909. The summed E-state index contributed by atoms with van der Waals surface area (Å²) in [6.45, 7) is 0.00442. The number of nitrogens with one attached hydrogen (secondary N) is 2. The number of pyridine rings is 1. The summed E-state index contributed by atoms with van der Waals surface area (Å²) in [7, 11) is 0. The van der Waals surface area contributed by atoms with Gasteiger partial charge in [0.1, 0.15) is 47.5 Å². The summed E-state index contributed by atoms with van der Waals surface area (Å²) in [6, 6.07) is 9.75. The molecule has 0 radical (unpaired) electrons. The monoisotopic (exact) mass is 496 g/mol. The zero-order valence-electron chi connectivity index (χ0n) is 17.2. The third-order valence-electron chi connectivity index (χ3n) is 5.02. The minimum atomic E-state index is -0.885. The Kier molecular flexibility index (Phi) is 6.28. The third-order valence-corrected chi connectivity index (χ3v) is 5.55. The molecule has 0 spiro atoms. The van der Waals surface area contributed by atoms with Crippen LogP contribution in [0.3, 0.4) is 0 Å². The smallest absolute Gasteiger partial charge is 0.211 e. The average Bonchev–Trinajstić information content (AvgIpc) is 2.78. The van der Waals surface area contributed by atoms with Crippen molar-refractivity contribution < 1.29 is 9.13 Å². The Hall–Kier alpha value is -4.25. The molecule has 1 unspecified atom stereocenters. The van der Waals surface area contributed by atoms with Gasteiger partial charge in [-0.1, -0.05) is 23.2 Å². The predicted octanol–water partition coefficient (Wildman–Crippen LogP) is 4.08. The Labute approximate surface area is 203 Å². The first-order chi connectivity index (χ1) is 16.3. The molecule has 1 aliphatic rings. The van der Waals surface area contributed by atoms with Gasteiger partial charge in [0.25, 0.3) is 0 Å². The van der Waals surface area contributed by atoms with Crippen LogP contribution in [0.1, 0.15) is 28.3 Å². The highest BCUT2D eigenvalue weighted by atomic mass is 35.5. The summed E-state index contributed by atoms with van der Waals surface area (Å²) in [5, 5.41) is 24.5. The van der Waals surface area contributed by atoms with Gasteiger partial charge in [0, 0.05) is 21.2 Å². The van der Waals surface area contributed by atoms with E-state index in [-0.39, 0.29) is 40.5 Å². The normalized spacial score (nSPS) is 14.1. The van der Waals surface area contributed by atoms with Crippen molar-refractivity contribution in [1.82, 2.24) is 10.3 Å². The molecule has 0 amide bonds. The van der Waals surface area contributed by atoms with Crippen molar-refractivity contribution in [1.29, 1.82) is 10.5 Å². The summed E-state index contributed by atoms with van der Waals surface area (Å²) in [6.07, 6.45) is 1.79. The number of nitrogens with two attached hydrogens (primary N) is 2. The summed E-state index contributed by atoms with van der Waals surface area (Å²) < 4.78 is 19.1. The number of nitrogens with zero attached hydrogens (tertiary/aromatic N) is 4. The molecule has 2 heterocycles. The Bertz CT molecular complexity index is 1400. The van der Waals surface area contributed by atoms with Gasteiger partial charge in [0.15, 0.2) is 6.19 Å². The molecular weight excluding hydrogens is 482 g/mol. The molecule has 0 fully saturated rings. The predicted molar refractivity (Wildman–Crippen MR) is 127 cm³/mol. The Balaban J connectivity index is 1.87. The summed E-state index contributed by atoms with van der Waals surface area (Å²) in [5.74, 6) is 0.235. The van der Waals surface area contributed by atoms with E-state index < -0.39 is 11.9 Å². The summed E-state index contributed by atoms with van der Waals surface area (Å²) in [4.78, 5) is 8.77. The number of aliphatic imine (C=N–C) groups is 1. The van der Waals surface area contributed by atoms with Crippen molar-refractivity contribution in [2.24, 2.45) is 4.99 Å². The van der Waals surface area contributed by atoms with E-state index in [0.717, 1.165) is 0 Å². The quantitative estimate of drug-likeness (QED) is 0.310. The Morgan fingerprint density at radius 2 is 1.88 bits per heavy atom. The lowest BCUT2D eigenvalue weighted by Gasteiger charge is -2.28. The van der Waals surface area contributed by atoms with Gasteiger partial charge in [-0.05, 0) is 42.0 Å². The highest BCUT2D eigenvalue weighted by Gasteiger charge is 2.32. The largest absolute Gasteiger partial charge is 0.489 e. The third kappa shape index (κ3) is 4.33. The molecular formula is C22H15Cl2FN8O. The van der Waals surface area contributed by atoms with Crippen LogP contribution in [-0.4, -0.2) is 10.9 Å². The first kappa shape index (κ1) is 22.9. The van der Waals surface area contributed by atoms with Gasteiger partial charge >= 0.3 is 0 Å². The molecule has 1 aromatic heterocycles. The molecule has 1 aliphatic heterocycles. The maximum absolute atomic E-state index is 13.2. The number of aromatic nitrogens is 1. The molecule has 12 heteroatoms. The van der Waals surface area contributed by atoms with E-state index in [4.69, 9.17) is 44.7 Å². The van der Waals surface area contributed by atoms with Gasteiger partial charge in [-0.25, -0.2) is 14.4 Å². The van der Waals surface area contributed by atoms with Crippen molar-refractivity contribution in [2.75, 3.05) is 16.8 Å². The number of benzene rings is 2. The van der Waals surface area contributed by atoms with Crippen LogP contribution in [0.15, 0.2) is 41.4 Å².